The molecule has 0 aromatic carbocycles. The number of pyridine rings is 1. The number of rotatable bonds is 1. The summed E-state index contributed by atoms with van der Waals surface area (Å²) in [5.74, 6) is 1.43. The summed E-state index contributed by atoms with van der Waals surface area (Å²) in [6.07, 6.45) is 8.26. The molecule has 24 heavy (non-hydrogen) atoms. The Morgan fingerprint density at radius 1 is 1.21 bits per heavy atom. The molecule has 0 atom stereocenters. The highest BCUT2D eigenvalue weighted by atomic mass is 16.2. The van der Waals surface area contributed by atoms with Gasteiger partial charge in [-0.05, 0) is 39.2 Å². The maximum absolute atomic E-state index is 12.4. The number of nitrogens with zero attached hydrogens (tertiary/aromatic N) is 4. The van der Waals surface area contributed by atoms with Crippen LogP contribution in [-0.2, 0) is 10.2 Å². The summed E-state index contributed by atoms with van der Waals surface area (Å²) in [6, 6.07) is 3.72. The van der Waals surface area contributed by atoms with Crippen LogP contribution in [-0.4, -0.2) is 34.7 Å². The number of amides is 1. The third-order valence-corrected chi connectivity index (χ3v) is 4.50. The Labute approximate surface area is 142 Å². The normalized spacial score (nSPS) is 18.4. The largest absolute Gasteiger partial charge is 0.384 e. The molecule has 2 aliphatic rings. The number of aromatic nitrogens is 3. The van der Waals surface area contributed by atoms with Gasteiger partial charge in [0.2, 0.25) is 5.91 Å². The molecule has 1 fully saturated rings. The Hall–Kier alpha value is -2.44. The quantitative estimate of drug-likeness (QED) is 0.795. The van der Waals surface area contributed by atoms with Crippen LogP contribution in [0.1, 0.15) is 38.8 Å². The number of nitrogens with two attached hydrogens (primary N) is 1. The summed E-state index contributed by atoms with van der Waals surface area (Å²) in [5.41, 5.74) is 6.21. The maximum Gasteiger partial charge on any atom is 0.240 e. The molecule has 1 saturated carbocycles. The topological polar surface area (TPSA) is 85.0 Å². The van der Waals surface area contributed by atoms with Gasteiger partial charge < -0.3 is 5.73 Å². The highest BCUT2D eigenvalue weighted by molar-refractivity contribution is 6.32. The number of fused-ring (bicyclic) bond motifs is 1. The van der Waals surface area contributed by atoms with E-state index in [1.807, 2.05) is 18.7 Å². The van der Waals surface area contributed by atoms with Crippen molar-refractivity contribution in [2.45, 2.75) is 44.6 Å². The molecule has 0 saturated heterocycles. The maximum atomic E-state index is 12.4. The molecule has 2 aromatic heterocycles. The standard InChI is InChI=1S/C12H15N3O.C5H5BN2/c1-12(2)9-10(14-7-6-13-9)15(11(12)16)8-4-3-5-8;6-4-1-2-5(7)8-3-4/h6-8H,3-5H2,1-2H3;1-3H,(H2,7,8). The van der Waals surface area contributed by atoms with Crippen molar-refractivity contribution in [3.63, 3.8) is 0 Å². The zero-order valence-corrected chi connectivity index (χ0v) is 13.9. The van der Waals surface area contributed by atoms with Gasteiger partial charge >= 0.3 is 0 Å². The summed E-state index contributed by atoms with van der Waals surface area (Å²) in [6.45, 7) is 3.86. The molecule has 0 spiro atoms. The number of hydrogen-bond donors (Lipinski definition) is 1. The Bertz CT molecular complexity index is 722. The number of hydrogen-bond acceptors (Lipinski definition) is 5. The molecular weight excluding hydrogens is 301 g/mol. The van der Waals surface area contributed by atoms with Crippen molar-refractivity contribution in [2.24, 2.45) is 0 Å². The lowest BCUT2D eigenvalue weighted by atomic mass is 9.89. The first-order valence-corrected chi connectivity index (χ1v) is 8.03. The molecule has 122 valence electrons. The average molecular weight is 321 g/mol. The summed E-state index contributed by atoms with van der Waals surface area (Å²) in [5, 5.41) is 0. The smallest absolute Gasteiger partial charge is 0.240 e. The minimum absolute atomic E-state index is 0.151. The molecule has 2 aromatic rings. The van der Waals surface area contributed by atoms with Crippen molar-refractivity contribution in [2.75, 3.05) is 10.6 Å². The molecule has 7 heteroatoms. The highest BCUT2D eigenvalue weighted by Crippen LogP contribution is 2.42. The first-order valence-electron chi connectivity index (χ1n) is 8.03. The fourth-order valence-corrected chi connectivity index (χ4v) is 2.85. The van der Waals surface area contributed by atoms with Crippen LogP contribution in [0.15, 0.2) is 30.7 Å². The number of nitrogen functional groups attached to an aromatic ring is 1. The minimum atomic E-state index is -0.515. The average Bonchev–Trinajstić information content (AvgIpc) is 2.71. The Balaban J connectivity index is 0.000000179. The van der Waals surface area contributed by atoms with Gasteiger partial charge in [-0.3, -0.25) is 14.7 Å². The minimum Gasteiger partial charge on any atom is -0.384 e. The second-order valence-electron chi connectivity index (χ2n) is 6.63. The lowest BCUT2D eigenvalue weighted by molar-refractivity contribution is -0.123. The summed E-state index contributed by atoms with van der Waals surface area (Å²) in [7, 11) is 5.31. The van der Waals surface area contributed by atoms with E-state index in [4.69, 9.17) is 13.6 Å². The van der Waals surface area contributed by atoms with Crippen molar-refractivity contribution in [3.8, 4) is 0 Å². The monoisotopic (exact) mass is 321 g/mol. The number of anilines is 2. The van der Waals surface area contributed by atoms with E-state index < -0.39 is 5.41 Å². The van der Waals surface area contributed by atoms with E-state index in [1.165, 1.54) is 12.6 Å². The van der Waals surface area contributed by atoms with Crippen molar-refractivity contribution in [1.29, 1.82) is 0 Å². The second-order valence-corrected chi connectivity index (χ2v) is 6.63. The molecule has 0 unspecified atom stereocenters. The van der Waals surface area contributed by atoms with Crippen LogP contribution in [0.4, 0.5) is 11.6 Å². The van der Waals surface area contributed by atoms with Gasteiger partial charge in [0, 0.05) is 24.6 Å². The number of carbonyl (C=O) groups excluding carboxylic acids is 1. The SMILES string of the molecule is CC1(C)C(=O)N(C2CCC2)c2nccnc21.[B]c1ccc(N)nc1. The Morgan fingerprint density at radius 3 is 2.46 bits per heavy atom. The van der Waals surface area contributed by atoms with Gasteiger partial charge in [-0.15, -0.1) is 0 Å². The molecule has 1 amide bonds. The lowest BCUT2D eigenvalue weighted by Crippen LogP contribution is -2.46. The van der Waals surface area contributed by atoms with Crippen LogP contribution < -0.4 is 16.1 Å². The van der Waals surface area contributed by atoms with E-state index in [2.05, 4.69) is 15.0 Å². The Morgan fingerprint density at radius 2 is 1.92 bits per heavy atom. The summed E-state index contributed by atoms with van der Waals surface area (Å²) in [4.78, 5) is 26.6. The van der Waals surface area contributed by atoms with Crippen molar-refractivity contribution in [1.82, 2.24) is 15.0 Å². The zero-order chi connectivity index (χ0) is 17.3. The van der Waals surface area contributed by atoms with Gasteiger partial charge in [0.15, 0.2) is 5.82 Å². The molecule has 2 N–H and O–H groups in total. The third kappa shape index (κ3) is 2.86. The first kappa shape index (κ1) is 16.4. The zero-order valence-electron chi connectivity index (χ0n) is 13.9. The van der Waals surface area contributed by atoms with Gasteiger partial charge in [0.05, 0.1) is 11.1 Å². The lowest BCUT2D eigenvalue weighted by Gasteiger charge is -2.35. The fraction of sp³-hybridized carbons (Fsp3) is 0.412. The predicted molar refractivity (Wildman–Crippen MR) is 94.2 cm³/mol. The molecule has 2 radical (unpaired) electrons. The van der Waals surface area contributed by atoms with Gasteiger partial charge in [-0.1, -0.05) is 11.5 Å². The third-order valence-electron chi connectivity index (χ3n) is 4.50. The van der Waals surface area contributed by atoms with Crippen molar-refractivity contribution in [3.05, 3.63) is 36.4 Å². The van der Waals surface area contributed by atoms with Gasteiger partial charge in [-0.2, -0.15) is 0 Å². The van der Waals surface area contributed by atoms with E-state index in [-0.39, 0.29) is 5.91 Å². The van der Waals surface area contributed by atoms with E-state index >= 15 is 0 Å². The van der Waals surface area contributed by atoms with Crippen LogP contribution in [0.5, 0.6) is 0 Å². The Kier molecular flexibility index (Phi) is 4.26. The molecule has 1 aliphatic carbocycles. The van der Waals surface area contributed by atoms with Gasteiger partial charge in [0.25, 0.3) is 0 Å². The van der Waals surface area contributed by atoms with Crippen molar-refractivity contribution < 1.29 is 4.79 Å². The van der Waals surface area contributed by atoms with Crippen molar-refractivity contribution >= 4 is 30.9 Å². The molecular formula is C17H20BN5O. The molecule has 1 aliphatic heterocycles. The van der Waals surface area contributed by atoms with E-state index in [0.29, 0.717) is 17.3 Å². The summed E-state index contributed by atoms with van der Waals surface area (Å²) >= 11 is 0. The van der Waals surface area contributed by atoms with Crippen LogP contribution in [0.3, 0.4) is 0 Å². The fourth-order valence-electron chi connectivity index (χ4n) is 2.85. The van der Waals surface area contributed by atoms with Gasteiger partial charge in [-0.25, -0.2) is 9.97 Å². The second kappa shape index (κ2) is 6.22. The van der Waals surface area contributed by atoms with Gasteiger partial charge in [0.1, 0.15) is 13.7 Å². The molecule has 4 rings (SSSR count). The predicted octanol–water partition coefficient (Wildman–Crippen LogP) is 1.11. The van der Waals surface area contributed by atoms with E-state index in [0.717, 1.165) is 24.4 Å². The molecule has 6 nitrogen and oxygen atoms in total. The first-order chi connectivity index (χ1) is 11.4. The van der Waals surface area contributed by atoms with Crippen LogP contribution in [0, 0.1) is 0 Å². The highest BCUT2D eigenvalue weighted by Gasteiger charge is 2.49. The van der Waals surface area contributed by atoms with E-state index in [1.54, 1.807) is 24.5 Å². The van der Waals surface area contributed by atoms with E-state index in [9.17, 15) is 4.79 Å². The number of carbonyl (C=O) groups is 1. The molecule has 3 heterocycles. The van der Waals surface area contributed by atoms with Crippen LogP contribution in [0.25, 0.3) is 0 Å². The van der Waals surface area contributed by atoms with Crippen LogP contribution in [0.2, 0.25) is 0 Å². The molecule has 0 bridgehead atoms. The summed E-state index contributed by atoms with van der Waals surface area (Å²) < 4.78 is 0. The van der Waals surface area contributed by atoms with Crippen LogP contribution >= 0.6 is 0 Å².